The molecule has 3 aromatic heterocycles. The minimum Gasteiger partial charge on any atom is -0.317 e. The fourth-order valence-corrected chi connectivity index (χ4v) is 6.24. The van der Waals surface area contributed by atoms with Crippen LogP contribution < -0.4 is 5.32 Å². The summed E-state index contributed by atoms with van der Waals surface area (Å²) >= 11 is 1.79. The van der Waals surface area contributed by atoms with Crippen LogP contribution in [0, 0.1) is 12.3 Å². The standard InChI is InChI=1S/C22H25N5S/c1-14-7-15(8-16-11-26(2)25-20(14)16)19-13-27-12-18(24-21(27)28-19)17-9-22(10-17)3-5-23-6-4-22/h7-8,11-13,17,23H,3-6,9-10H2,1-2H3. The van der Waals surface area contributed by atoms with E-state index < -0.39 is 0 Å². The van der Waals surface area contributed by atoms with Gasteiger partial charge in [0.2, 0.25) is 0 Å². The highest BCUT2D eigenvalue weighted by Crippen LogP contribution is 2.55. The van der Waals surface area contributed by atoms with Crippen molar-refractivity contribution in [2.75, 3.05) is 13.1 Å². The molecule has 5 nitrogen and oxygen atoms in total. The lowest BCUT2D eigenvalue weighted by molar-refractivity contribution is 0.0589. The average Bonchev–Trinajstić information content (AvgIpc) is 3.32. The minimum atomic E-state index is 0.606. The maximum atomic E-state index is 5.00. The number of nitrogens with one attached hydrogen (secondary N) is 1. The predicted octanol–water partition coefficient (Wildman–Crippen LogP) is 4.51. The molecule has 1 aliphatic heterocycles. The van der Waals surface area contributed by atoms with Crippen molar-refractivity contribution in [2.24, 2.45) is 12.5 Å². The molecule has 0 unspecified atom stereocenters. The molecule has 1 saturated heterocycles. The van der Waals surface area contributed by atoms with E-state index in [1.165, 1.54) is 65.9 Å². The number of thiazole rings is 1. The fraction of sp³-hybridized carbons (Fsp3) is 0.455. The smallest absolute Gasteiger partial charge is 0.194 e. The highest BCUT2D eigenvalue weighted by molar-refractivity contribution is 7.20. The Morgan fingerprint density at radius 3 is 2.75 bits per heavy atom. The molecule has 1 spiro atoms. The van der Waals surface area contributed by atoms with Crippen LogP contribution in [-0.4, -0.2) is 32.3 Å². The summed E-state index contributed by atoms with van der Waals surface area (Å²) in [6.45, 7) is 4.52. The third-order valence-electron chi connectivity index (χ3n) is 6.81. The third kappa shape index (κ3) is 2.54. The van der Waals surface area contributed by atoms with Gasteiger partial charge in [-0.3, -0.25) is 9.08 Å². The second-order valence-corrected chi connectivity index (χ2v) is 9.85. The van der Waals surface area contributed by atoms with Gasteiger partial charge in [-0.25, -0.2) is 4.98 Å². The Kier molecular flexibility index (Phi) is 3.53. The van der Waals surface area contributed by atoms with E-state index in [4.69, 9.17) is 4.98 Å². The summed E-state index contributed by atoms with van der Waals surface area (Å²) in [5.41, 5.74) is 5.47. The molecule has 1 N–H and O–H groups in total. The second-order valence-electron chi connectivity index (χ2n) is 8.84. The summed E-state index contributed by atoms with van der Waals surface area (Å²) in [7, 11) is 1.98. The topological polar surface area (TPSA) is 47.1 Å². The first-order valence-corrected chi connectivity index (χ1v) is 11.0. The summed E-state index contributed by atoms with van der Waals surface area (Å²) in [6, 6.07) is 4.49. The molecule has 6 rings (SSSR count). The zero-order chi connectivity index (χ0) is 18.9. The molecular weight excluding hydrogens is 366 g/mol. The van der Waals surface area contributed by atoms with Crippen molar-refractivity contribution in [3.63, 3.8) is 0 Å². The van der Waals surface area contributed by atoms with Gasteiger partial charge in [0.1, 0.15) is 0 Å². The van der Waals surface area contributed by atoms with E-state index in [0.717, 1.165) is 10.5 Å². The van der Waals surface area contributed by atoms with Crippen molar-refractivity contribution in [1.82, 2.24) is 24.5 Å². The van der Waals surface area contributed by atoms with Crippen LogP contribution in [0.4, 0.5) is 0 Å². The molecule has 2 aliphatic rings. The van der Waals surface area contributed by atoms with Crippen molar-refractivity contribution in [3.05, 3.63) is 42.0 Å². The van der Waals surface area contributed by atoms with Crippen molar-refractivity contribution < 1.29 is 0 Å². The van der Waals surface area contributed by atoms with Gasteiger partial charge < -0.3 is 5.32 Å². The van der Waals surface area contributed by atoms with Gasteiger partial charge in [-0.05, 0) is 74.4 Å². The lowest BCUT2D eigenvalue weighted by Crippen LogP contribution is -2.44. The number of imidazole rings is 1. The molecule has 144 valence electrons. The SMILES string of the molecule is Cc1cc(-c2cn3cc(C4CC5(CCNCC5)C4)nc3s2)cc2cn(C)nc12. The zero-order valence-corrected chi connectivity index (χ0v) is 17.2. The van der Waals surface area contributed by atoms with Gasteiger partial charge >= 0.3 is 0 Å². The Balaban J connectivity index is 1.28. The van der Waals surface area contributed by atoms with Crippen molar-refractivity contribution in [1.29, 1.82) is 0 Å². The fourth-order valence-electron chi connectivity index (χ4n) is 5.28. The Morgan fingerprint density at radius 2 is 1.96 bits per heavy atom. The normalized spacial score (nSPS) is 19.6. The second kappa shape index (κ2) is 5.91. The highest BCUT2D eigenvalue weighted by Gasteiger charge is 2.45. The van der Waals surface area contributed by atoms with Crippen LogP contribution in [0.1, 0.15) is 42.9 Å². The molecule has 1 aromatic carbocycles. The first kappa shape index (κ1) is 16.7. The Labute approximate surface area is 168 Å². The largest absolute Gasteiger partial charge is 0.317 e. The van der Waals surface area contributed by atoms with Crippen LogP contribution in [0.2, 0.25) is 0 Å². The summed E-state index contributed by atoms with van der Waals surface area (Å²) in [5, 5.41) is 9.26. The average molecular weight is 392 g/mol. The van der Waals surface area contributed by atoms with Crippen molar-refractivity contribution in [2.45, 2.75) is 38.5 Å². The Bertz CT molecular complexity index is 1150. The summed E-state index contributed by atoms with van der Waals surface area (Å²) in [5.74, 6) is 0.655. The van der Waals surface area contributed by atoms with Crippen LogP contribution in [0.15, 0.2) is 30.7 Å². The lowest BCUT2D eigenvalue weighted by Gasteiger charge is -2.50. The molecule has 4 heterocycles. The number of rotatable bonds is 2. The first-order valence-electron chi connectivity index (χ1n) is 10.2. The van der Waals surface area contributed by atoms with E-state index in [1.807, 2.05) is 11.7 Å². The molecule has 1 aliphatic carbocycles. The molecule has 0 radical (unpaired) electrons. The number of benzene rings is 1. The number of hydrogen-bond acceptors (Lipinski definition) is 4. The maximum absolute atomic E-state index is 5.00. The summed E-state index contributed by atoms with van der Waals surface area (Å²) in [6.07, 6.45) is 11.9. The van der Waals surface area contributed by atoms with Gasteiger partial charge in [-0.15, -0.1) is 0 Å². The molecule has 2 fully saturated rings. The molecule has 0 bridgehead atoms. The molecule has 6 heteroatoms. The molecule has 4 aromatic rings. The number of aromatic nitrogens is 4. The number of hydrogen-bond donors (Lipinski definition) is 1. The number of piperidine rings is 1. The van der Waals surface area contributed by atoms with E-state index in [2.05, 4.69) is 52.5 Å². The van der Waals surface area contributed by atoms with E-state index in [-0.39, 0.29) is 0 Å². The number of nitrogens with zero attached hydrogens (tertiary/aromatic N) is 4. The van der Waals surface area contributed by atoms with E-state index in [0.29, 0.717) is 11.3 Å². The van der Waals surface area contributed by atoms with Gasteiger partial charge in [-0.1, -0.05) is 11.3 Å². The summed E-state index contributed by atoms with van der Waals surface area (Å²) < 4.78 is 4.12. The van der Waals surface area contributed by atoms with Crippen LogP contribution in [0.3, 0.4) is 0 Å². The minimum absolute atomic E-state index is 0.606. The van der Waals surface area contributed by atoms with Gasteiger partial charge in [0, 0.05) is 36.9 Å². The van der Waals surface area contributed by atoms with Crippen molar-refractivity contribution >= 4 is 27.2 Å². The van der Waals surface area contributed by atoms with Crippen LogP contribution in [0.5, 0.6) is 0 Å². The van der Waals surface area contributed by atoms with E-state index in [9.17, 15) is 0 Å². The monoisotopic (exact) mass is 391 g/mol. The van der Waals surface area contributed by atoms with Gasteiger partial charge in [0.25, 0.3) is 0 Å². The quantitative estimate of drug-likeness (QED) is 0.547. The van der Waals surface area contributed by atoms with E-state index >= 15 is 0 Å². The first-order chi connectivity index (χ1) is 13.6. The molecule has 1 saturated carbocycles. The molecule has 28 heavy (non-hydrogen) atoms. The van der Waals surface area contributed by atoms with Crippen LogP contribution in [-0.2, 0) is 7.05 Å². The Morgan fingerprint density at radius 1 is 1.14 bits per heavy atom. The molecule has 0 atom stereocenters. The maximum Gasteiger partial charge on any atom is 0.194 e. The van der Waals surface area contributed by atoms with Gasteiger partial charge in [0.15, 0.2) is 4.96 Å². The van der Waals surface area contributed by atoms with Crippen LogP contribution in [0.25, 0.3) is 26.3 Å². The van der Waals surface area contributed by atoms with Crippen molar-refractivity contribution in [3.8, 4) is 10.4 Å². The number of fused-ring (bicyclic) bond motifs is 2. The van der Waals surface area contributed by atoms with Gasteiger partial charge in [-0.2, -0.15) is 5.10 Å². The third-order valence-corrected chi connectivity index (χ3v) is 7.86. The van der Waals surface area contributed by atoms with Gasteiger partial charge in [0.05, 0.1) is 16.1 Å². The summed E-state index contributed by atoms with van der Waals surface area (Å²) in [4.78, 5) is 7.38. The predicted molar refractivity (Wildman–Crippen MR) is 114 cm³/mol. The Hall–Kier alpha value is -2.18. The molecular formula is C22H25N5S. The zero-order valence-electron chi connectivity index (χ0n) is 16.4. The van der Waals surface area contributed by atoms with Crippen LogP contribution >= 0.6 is 11.3 Å². The lowest BCUT2D eigenvalue weighted by atomic mass is 9.57. The highest BCUT2D eigenvalue weighted by atomic mass is 32.1. The van der Waals surface area contributed by atoms with E-state index in [1.54, 1.807) is 11.3 Å². The molecule has 0 amide bonds. The number of aryl methyl sites for hydroxylation is 2.